The number of aromatic amines is 1. The van der Waals surface area contributed by atoms with E-state index in [-0.39, 0.29) is 5.56 Å². The van der Waals surface area contributed by atoms with Crippen molar-refractivity contribution in [1.29, 1.82) is 0 Å². The van der Waals surface area contributed by atoms with Crippen molar-refractivity contribution in [1.82, 2.24) is 9.97 Å². The Morgan fingerprint density at radius 1 is 1.12 bits per heavy atom. The predicted octanol–water partition coefficient (Wildman–Crippen LogP) is 3.45. The molecule has 0 radical (unpaired) electrons. The number of carboxylic acid groups (broad SMARTS) is 1. The van der Waals surface area contributed by atoms with Crippen LogP contribution in [0.1, 0.15) is 21.7 Å². The first-order valence-electron chi connectivity index (χ1n) is 7.24. The highest BCUT2D eigenvalue weighted by Gasteiger charge is 2.11. The van der Waals surface area contributed by atoms with Gasteiger partial charge in [0.1, 0.15) is 5.82 Å². The number of nitrogens with zero attached hydrogens (tertiary/aromatic N) is 1. The number of ether oxygens (including phenoxy) is 2. The molecule has 0 unspecified atom stereocenters. The second-order valence-electron chi connectivity index (χ2n) is 5.07. The van der Waals surface area contributed by atoms with Gasteiger partial charge in [-0.25, -0.2) is 9.78 Å². The second-order valence-corrected chi connectivity index (χ2v) is 5.07. The van der Waals surface area contributed by atoms with Crippen LogP contribution in [0.25, 0.3) is 23.2 Å². The Kier molecular flexibility index (Phi) is 4.20. The van der Waals surface area contributed by atoms with Gasteiger partial charge in [0.2, 0.25) is 0 Å². The number of fused-ring (bicyclic) bond motifs is 1. The average molecular weight is 324 g/mol. The number of aromatic nitrogens is 2. The van der Waals surface area contributed by atoms with Crippen molar-refractivity contribution < 1.29 is 19.4 Å². The first kappa shape index (κ1) is 15.6. The van der Waals surface area contributed by atoms with Crippen LogP contribution in [0.5, 0.6) is 11.5 Å². The normalized spacial score (nSPS) is 11.1. The number of imidazole rings is 1. The van der Waals surface area contributed by atoms with Gasteiger partial charge < -0.3 is 19.6 Å². The first-order valence-corrected chi connectivity index (χ1v) is 7.24. The molecule has 6 heteroatoms. The van der Waals surface area contributed by atoms with E-state index in [0.717, 1.165) is 5.56 Å². The lowest BCUT2D eigenvalue weighted by atomic mass is 10.2. The van der Waals surface area contributed by atoms with Crippen LogP contribution in [-0.4, -0.2) is 35.3 Å². The molecule has 3 aromatic rings. The summed E-state index contributed by atoms with van der Waals surface area (Å²) in [7, 11) is 3.17. The summed E-state index contributed by atoms with van der Waals surface area (Å²) in [5, 5.41) is 9.22. The van der Waals surface area contributed by atoms with Gasteiger partial charge in [-0.15, -0.1) is 0 Å². The number of hydrogen-bond acceptors (Lipinski definition) is 4. The molecule has 122 valence electrons. The first-order chi connectivity index (χ1) is 11.6. The Hall–Kier alpha value is -3.28. The molecule has 0 bridgehead atoms. The van der Waals surface area contributed by atoms with Crippen LogP contribution in [0.2, 0.25) is 0 Å². The number of benzene rings is 2. The van der Waals surface area contributed by atoms with Crippen molar-refractivity contribution in [2.75, 3.05) is 14.2 Å². The molecule has 1 aromatic heterocycles. The molecule has 24 heavy (non-hydrogen) atoms. The number of nitrogens with one attached hydrogen (secondary N) is 1. The van der Waals surface area contributed by atoms with Crippen molar-refractivity contribution >= 4 is 29.2 Å². The van der Waals surface area contributed by atoms with E-state index in [1.807, 2.05) is 24.3 Å². The van der Waals surface area contributed by atoms with Crippen LogP contribution < -0.4 is 9.47 Å². The number of methoxy groups -OCH3 is 2. The molecule has 0 saturated heterocycles. The summed E-state index contributed by atoms with van der Waals surface area (Å²) in [6.07, 6.45) is 3.65. The van der Waals surface area contributed by atoms with Crippen molar-refractivity contribution in [2.45, 2.75) is 0 Å². The smallest absolute Gasteiger partial charge is 0.337 e. The van der Waals surface area contributed by atoms with Gasteiger partial charge in [-0.1, -0.05) is 18.2 Å². The highest BCUT2D eigenvalue weighted by Crippen LogP contribution is 2.28. The molecule has 1 heterocycles. The highest BCUT2D eigenvalue weighted by atomic mass is 16.5. The highest BCUT2D eigenvalue weighted by molar-refractivity contribution is 6.01. The topological polar surface area (TPSA) is 84.4 Å². The van der Waals surface area contributed by atoms with Crippen LogP contribution in [0.4, 0.5) is 0 Å². The summed E-state index contributed by atoms with van der Waals surface area (Å²) in [5.41, 5.74) is 2.23. The maximum Gasteiger partial charge on any atom is 0.337 e. The van der Waals surface area contributed by atoms with E-state index in [0.29, 0.717) is 28.4 Å². The Bertz CT molecular complexity index is 928. The van der Waals surface area contributed by atoms with Gasteiger partial charge in [0.25, 0.3) is 0 Å². The fourth-order valence-electron chi connectivity index (χ4n) is 2.44. The van der Waals surface area contributed by atoms with E-state index in [1.54, 1.807) is 38.5 Å². The monoisotopic (exact) mass is 324 g/mol. The minimum absolute atomic E-state index is 0.200. The van der Waals surface area contributed by atoms with Gasteiger partial charge in [0, 0.05) is 0 Å². The van der Waals surface area contributed by atoms with Crippen LogP contribution in [0.15, 0.2) is 36.4 Å². The molecule has 0 aliphatic rings. The number of H-pyrrole nitrogens is 1. The number of rotatable bonds is 5. The zero-order valence-corrected chi connectivity index (χ0v) is 13.2. The van der Waals surface area contributed by atoms with E-state index < -0.39 is 5.97 Å². The molecule has 0 atom stereocenters. The van der Waals surface area contributed by atoms with Crippen molar-refractivity contribution in [3.8, 4) is 11.5 Å². The minimum atomic E-state index is -0.986. The molecule has 0 aliphatic carbocycles. The molecule has 6 nitrogen and oxygen atoms in total. The van der Waals surface area contributed by atoms with Gasteiger partial charge in [-0.05, 0) is 35.9 Å². The zero-order chi connectivity index (χ0) is 17.1. The summed E-state index contributed by atoms with van der Waals surface area (Å²) >= 11 is 0. The molecule has 2 N–H and O–H groups in total. The number of para-hydroxylation sites is 1. The molecular weight excluding hydrogens is 308 g/mol. The third-order valence-electron chi connectivity index (χ3n) is 3.61. The standard InChI is InChI=1S/C18H16N2O4/c1-23-14-8-6-11(10-15(14)24-2)7-9-16-19-13-5-3-4-12(18(21)22)17(13)20-16/h3-10H,1-2H3,(H,19,20)(H,21,22). The summed E-state index contributed by atoms with van der Waals surface area (Å²) in [5.74, 6) is 0.884. The summed E-state index contributed by atoms with van der Waals surface area (Å²) < 4.78 is 10.5. The predicted molar refractivity (Wildman–Crippen MR) is 91.5 cm³/mol. The summed E-state index contributed by atoms with van der Waals surface area (Å²) in [6, 6.07) is 10.6. The van der Waals surface area contributed by atoms with E-state index >= 15 is 0 Å². The average Bonchev–Trinajstić information content (AvgIpc) is 3.02. The number of aromatic carboxylic acids is 1. The number of carboxylic acids is 1. The van der Waals surface area contributed by atoms with Crippen LogP contribution >= 0.6 is 0 Å². The van der Waals surface area contributed by atoms with E-state index in [2.05, 4.69) is 9.97 Å². The molecule has 0 aliphatic heterocycles. The van der Waals surface area contributed by atoms with Crippen LogP contribution in [-0.2, 0) is 0 Å². The van der Waals surface area contributed by atoms with Crippen molar-refractivity contribution in [3.63, 3.8) is 0 Å². The lowest BCUT2D eigenvalue weighted by Gasteiger charge is -2.07. The molecule has 0 amide bonds. The van der Waals surface area contributed by atoms with Crippen molar-refractivity contribution in [2.24, 2.45) is 0 Å². The maximum absolute atomic E-state index is 11.2. The van der Waals surface area contributed by atoms with E-state index in [1.165, 1.54) is 0 Å². The minimum Gasteiger partial charge on any atom is -0.493 e. The Morgan fingerprint density at radius 3 is 2.62 bits per heavy atom. The number of carbonyl (C=O) groups is 1. The Labute approximate surface area is 138 Å². The van der Waals surface area contributed by atoms with Gasteiger partial charge >= 0.3 is 5.97 Å². The van der Waals surface area contributed by atoms with E-state index in [9.17, 15) is 9.90 Å². The molecule has 0 fully saturated rings. The van der Waals surface area contributed by atoms with Crippen LogP contribution in [0.3, 0.4) is 0 Å². The number of hydrogen-bond donors (Lipinski definition) is 2. The van der Waals surface area contributed by atoms with Gasteiger partial charge in [0.15, 0.2) is 11.5 Å². The lowest BCUT2D eigenvalue weighted by Crippen LogP contribution is -1.96. The fourth-order valence-corrected chi connectivity index (χ4v) is 2.44. The van der Waals surface area contributed by atoms with Gasteiger partial charge in [0.05, 0.1) is 30.8 Å². The van der Waals surface area contributed by atoms with Gasteiger partial charge in [-0.3, -0.25) is 0 Å². The molecule has 2 aromatic carbocycles. The largest absolute Gasteiger partial charge is 0.493 e. The maximum atomic E-state index is 11.2. The third kappa shape index (κ3) is 2.94. The second kappa shape index (κ2) is 6.45. The van der Waals surface area contributed by atoms with Gasteiger partial charge in [-0.2, -0.15) is 0 Å². The summed E-state index contributed by atoms with van der Waals surface area (Å²) in [4.78, 5) is 18.7. The molecule has 0 spiro atoms. The summed E-state index contributed by atoms with van der Waals surface area (Å²) in [6.45, 7) is 0. The lowest BCUT2D eigenvalue weighted by molar-refractivity contribution is 0.0699. The molecule has 3 rings (SSSR count). The van der Waals surface area contributed by atoms with Crippen molar-refractivity contribution in [3.05, 3.63) is 53.3 Å². The van der Waals surface area contributed by atoms with E-state index in [4.69, 9.17) is 9.47 Å². The Balaban J connectivity index is 1.93. The molecular formula is C18H16N2O4. The third-order valence-corrected chi connectivity index (χ3v) is 3.61. The molecule has 0 saturated carbocycles. The Morgan fingerprint density at radius 2 is 1.92 bits per heavy atom. The zero-order valence-electron chi connectivity index (χ0n) is 13.2. The fraction of sp³-hybridized carbons (Fsp3) is 0.111. The SMILES string of the molecule is COc1ccc(C=Cc2nc3cccc(C(=O)O)c3[nH]2)cc1OC. The van der Waals surface area contributed by atoms with Crippen LogP contribution in [0, 0.1) is 0 Å². The quantitative estimate of drug-likeness (QED) is 0.751.